The number of fused-ring (bicyclic) bond motifs is 1. The Morgan fingerprint density at radius 1 is 1.38 bits per heavy atom. The van der Waals surface area contributed by atoms with Gasteiger partial charge in [-0.2, -0.15) is 0 Å². The first-order valence-electron chi connectivity index (χ1n) is 4.85. The van der Waals surface area contributed by atoms with Crippen molar-refractivity contribution in [1.82, 2.24) is 4.98 Å². The van der Waals surface area contributed by atoms with Crippen LogP contribution in [0, 0.1) is 6.92 Å². The van der Waals surface area contributed by atoms with Gasteiger partial charge in [-0.05, 0) is 36.5 Å². The van der Waals surface area contributed by atoms with Gasteiger partial charge in [0, 0.05) is 5.69 Å². The largest absolute Gasteiger partial charge is 0.253 e. The third-order valence-corrected chi connectivity index (χ3v) is 2.60. The first-order chi connectivity index (χ1) is 6.18. The van der Waals surface area contributed by atoms with E-state index >= 15 is 0 Å². The minimum atomic E-state index is 0.582. The highest BCUT2D eigenvalue weighted by molar-refractivity contribution is 5.57. The highest BCUT2D eigenvalue weighted by Crippen LogP contribution is 2.24. The zero-order valence-electron chi connectivity index (χ0n) is 8.46. The van der Waals surface area contributed by atoms with E-state index in [4.69, 9.17) is 0 Å². The molecule has 1 heteroatoms. The molecule has 1 aromatic rings. The maximum Gasteiger partial charge on any atom is 0.0665 e. The molecule has 0 spiro atoms. The van der Waals surface area contributed by atoms with Gasteiger partial charge in [-0.15, -0.1) is 0 Å². The number of aromatic nitrogens is 1. The van der Waals surface area contributed by atoms with E-state index in [2.05, 4.69) is 44.0 Å². The van der Waals surface area contributed by atoms with Crippen molar-refractivity contribution in [3.8, 4) is 0 Å². The fourth-order valence-electron chi connectivity index (χ4n) is 1.87. The standard InChI is InChI=1S/C12H15N/c1-8(2)11-7-10-5-4-6-12(10)13-9(11)3/h4,6-8H,5H2,1-3H3. The van der Waals surface area contributed by atoms with Crippen molar-refractivity contribution < 1.29 is 0 Å². The molecule has 0 saturated heterocycles. The summed E-state index contributed by atoms with van der Waals surface area (Å²) < 4.78 is 0. The normalized spacial score (nSPS) is 13.8. The minimum Gasteiger partial charge on any atom is -0.253 e. The average Bonchev–Trinajstić information content (AvgIpc) is 2.48. The summed E-state index contributed by atoms with van der Waals surface area (Å²) in [5.41, 5.74) is 5.12. The summed E-state index contributed by atoms with van der Waals surface area (Å²) in [4.78, 5) is 4.59. The zero-order valence-corrected chi connectivity index (χ0v) is 8.46. The minimum absolute atomic E-state index is 0.582. The molecule has 0 atom stereocenters. The molecule has 0 bridgehead atoms. The maximum atomic E-state index is 4.59. The van der Waals surface area contributed by atoms with Crippen LogP contribution in [0.25, 0.3) is 6.08 Å². The van der Waals surface area contributed by atoms with Crippen LogP contribution in [0.5, 0.6) is 0 Å². The maximum absolute atomic E-state index is 4.59. The number of hydrogen-bond acceptors (Lipinski definition) is 1. The van der Waals surface area contributed by atoms with Gasteiger partial charge in [0.05, 0.1) is 5.69 Å². The van der Waals surface area contributed by atoms with E-state index < -0.39 is 0 Å². The molecule has 13 heavy (non-hydrogen) atoms. The van der Waals surface area contributed by atoms with Crippen molar-refractivity contribution in [2.45, 2.75) is 33.1 Å². The lowest BCUT2D eigenvalue weighted by Crippen LogP contribution is -1.99. The molecule has 0 amide bonds. The van der Waals surface area contributed by atoms with Gasteiger partial charge in [-0.3, -0.25) is 4.98 Å². The Balaban J connectivity index is 2.53. The fraction of sp³-hybridized carbons (Fsp3) is 0.417. The molecular weight excluding hydrogens is 158 g/mol. The summed E-state index contributed by atoms with van der Waals surface area (Å²) in [7, 11) is 0. The van der Waals surface area contributed by atoms with Crippen molar-refractivity contribution in [3.63, 3.8) is 0 Å². The van der Waals surface area contributed by atoms with Crippen LogP contribution in [0.3, 0.4) is 0 Å². The van der Waals surface area contributed by atoms with E-state index in [9.17, 15) is 0 Å². The Bertz CT molecular complexity index is 362. The molecule has 2 rings (SSSR count). The summed E-state index contributed by atoms with van der Waals surface area (Å²) in [5, 5.41) is 0. The van der Waals surface area contributed by atoms with Gasteiger partial charge in [0.25, 0.3) is 0 Å². The Morgan fingerprint density at radius 2 is 2.15 bits per heavy atom. The highest BCUT2D eigenvalue weighted by atomic mass is 14.7. The van der Waals surface area contributed by atoms with Gasteiger partial charge in [0.1, 0.15) is 0 Å². The lowest BCUT2D eigenvalue weighted by atomic mass is 9.99. The number of nitrogens with zero attached hydrogens (tertiary/aromatic N) is 1. The van der Waals surface area contributed by atoms with Crippen molar-refractivity contribution in [2.24, 2.45) is 0 Å². The monoisotopic (exact) mass is 173 g/mol. The van der Waals surface area contributed by atoms with Crippen LogP contribution in [0.2, 0.25) is 0 Å². The Kier molecular flexibility index (Phi) is 1.95. The third kappa shape index (κ3) is 1.39. The van der Waals surface area contributed by atoms with E-state index in [1.165, 1.54) is 22.5 Å². The highest BCUT2D eigenvalue weighted by Gasteiger charge is 2.11. The Labute approximate surface area is 79.5 Å². The van der Waals surface area contributed by atoms with Gasteiger partial charge < -0.3 is 0 Å². The number of hydrogen-bond donors (Lipinski definition) is 0. The van der Waals surface area contributed by atoms with Crippen LogP contribution in [0.15, 0.2) is 12.1 Å². The smallest absolute Gasteiger partial charge is 0.0665 e. The van der Waals surface area contributed by atoms with Crippen molar-refractivity contribution in [1.29, 1.82) is 0 Å². The molecule has 1 aromatic heterocycles. The van der Waals surface area contributed by atoms with Crippen LogP contribution in [-0.2, 0) is 6.42 Å². The topological polar surface area (TPSA) is 12.9 Å². The van der Waals surface area contributed by atoms with Crippen LogP contribution in [0.1, 0.15) is 42.3 Å². The van der Waals surface area contributed by atoms with Gasteiger partial charge in [-0.25, -0.2) is 0 Å². The second-order valence-electron chi connectivity index (χ2n) is 3.97. The van der Waals surface area contributed by atoms with Crippen molar-refractivity contribution in [3.05, 3.63) is 34.7 Å². The second kappa shape index (κ2) is 2.99. The van der Waals surface area contributed by atoms with E-state index in [1.54, 1.807) is 0 Å². The molecular formula is C12H15N. The van der Waals surface area contributed by atoms with Crippen molar-refractivity contribution >= 4 is 6.08 Å². The number of pyridine rings is 1. The zero-order chi connectivity index (χ0) is 9.42. The van der Waals surface area contributed by atoms with Crippen LogP contribution in [0.4, 0.5) is 0 Å². The van der Waals surface area contributed by atoms with Crippen LogP contribution < -0.4 is 0 Å². The summed E-state index contributed by atoms with van der Waals surface area (Å²) in [5.74, 6) is 0.582. The Hall–Kier alpha value is -1.11. The molecule has 0 radical (unpaired) electrons. The van der Waals surface area contributed by atoms with Gasteiger partial charge in [-0.1, -0.05) is 26.0 Å². The van der Waals surface area contributed by atoms with Gasteiger partial charge in [0.15, 0.2) is 0 Å². The van der Waals surface area contributed by atoms with Crippen LogP contribution in [-0.4, -0.2) is 4.98 Å². The summed E-state index contributed by atoms with van der Waals surface area (Å²) >= 11 is 0. The molecule has 0 N–H and O–H groups in total. The van der Waals surface area contributed by atoms with E-state index in [0.717, 1.165) is 6.42 Å². The summed E-state index contributed by atoms with van der Waals surface area (Å²) in [6.07, 6.45) is 5.36. The summed E-state index contributed by atoms with van der Waals surface area (Å²) in [6, 6.07) is 2.31. The molecule has 0 aromatic carbocycles. The van der Waals surface area contributed by atoms with Crippen molar-refractivity contribution in [2.75, 3.05) is 0 Å². The molecule has 0 saturated carbocycles. The van der Waals surface area contributed by atoms with Crippen LogP contribution >= 0.6 is 0 Å². The molecule has 0 fully saturated rings. The molecule has 1 aliphatic rings. The average molecular weight is 173 g/mol. The molecule has 0 aliphatic heterocycles. The number of allylic oxidation sites excluding steroid dienone is 1. The fourth-order valence-corrected chi connectivity index (χ4v) is 1.87. The predicted octanol–water partition coefficient (Wildman–Crippen LogP) is 3.08. The first-order valence-corrected chi connectivity index (χ1v) is 4.85. The molecule has 1 heterocycles. The molecule has 1 aliphatic carbocycles. The van der Waals surface area contributed by atoms with Gasteiger partial charge >= 0.3 is 0 Å². The SMILES string of the molecule is Cc1nc2c(cc1C(C)C)CC=C2. The number of aryl methyl sites for hydroxylation is 1. The summed E-state index contributed by atoms with van der Waals surface area (Å²) in [6.45, 7) is 6.54. The van der Waals surface area contributed by atoms with E-state index in [0.29, 0.717) is 5.92 Å². The van der Waals surface area contributed by atoms with E-state index in [1.807, 2.05) is 0 Å². The second-order valence-corrected chi connectivity index (χ2v) is 3.97. The Morgan fingerprint density at radius 3 is 2.85 bits per heavy atom. The molecule has 68 valence electrons. The quantitative estimate of drug-likeness (QED) is 0.636. The lowest BCUT2D eigenvalue weighted by molar-refractivity contribution is 0.838. The number of rotatable bonds is 1. The van der Waals surface area contributed by atoms with E-state index in [-0.39, 0.29) is 0 Å². The first kappa shape index (κ1) is 8.49. The third-order valence-electron chi connectivity index (χ3n) is 2.60. The van der Waals surface area contributed by atoms with Gasteiger partial charge in [0.2, 0.25) is 0 Å². The molecule has 0 unspecified atom stereocenters. The molecule has 1 nitrogen and oxygen atoms in total. The lowest BCUT2D eigenvalue weighted by Gasteiger charge is -2.11. The predicted molar refractivity (Wildman–Crippen MR) is 55.8 cm³/mol.